The lowest BCUT2D eigenvalue weighted by Gasteiger charge is -2.03. The minimum Gasteiger partial charge on any atom is -0.507 e. The molecule has 0 aliphatic heterocycles. The minimum absolute atomic E-state index is 0.0962. The van der Waals surface area contributed by atoms with Crippen LogP contribution in [0.5, 0.6) is 5.75 Å². The fraction of sp³-hybridized carbons (Fsp3) is 0.105. The van der Waals surface area contributed by atoms with Crippen molar-refractivity contribution in [2.24, 2.45) is 0 Å². The molecule has 2 aromatic carbocycles. The fourth-order valence-electron chi connectivity index (χ4n) is 2.70. The number of nitrogens with zero attached hydrogens (tertiary/aromatic N) is 2. The van der Waals surface area contributed by atoms with Gasteiger partial charge in [-0.1, -0.05) is 24.3 Å². The Morgan fingerprint density at radius 1 is 1.26 bits per heavy atom. The molecule has 0 spiro atoms. The van der Waals surface area contributed by atoms with Crippen LogP contribution in [0.1, 0.15) is 23.0 Å². The number of hydrogen-bond acceptors (Lipinski definition) is 5. The Balaban J connectivity index is 1.58. The zero-order chi connectivity index (χ0) is 19.0. The van der Waals surface area contributed by atoms with Crippen molar-refractivity contribution in [3.05, 3.63) is 59.5 Å². The molecule has 0 bridgehead atoms. The van der Waals surface area contributed by atoms with E-state index in [1.54, 1.807) is 18.2 Å². The molecule has 0 aliphatic rings. The van der Waals surface area contributed by atoms with Crippen LogP contribution in [-0.2, 0) is 6.42 Å². The van der Waals surface area contributed by atoms with E-state index in [4.69, 9.17) is 0 Å². The number of benzene rings is 2. The van der Waals surface area contributed by atoms with E-state index in [1.807, 2.05) is 19.1 Å². The predicted octanol–water partition coefficient (Wildman–Crippen LogP) is 4.35. The standard InChI is InChI=1S/C19H15FN4O2S/c1-2-10-3-6-16(25)12(7-10)14-9-15(24-23-14)18(26)22-19-21-13-5-4-11(20)8-17(13)27-19/h3-9,25H,2H2,1H3,(H,23,24)(H,21,22,26). The number of amides is 1. The summed E-state index contributed by atoms with van der Waals surface area (Å²) < 4.78 is 13.9. The average molecular weight is 382 g/mol. The van der Waals surface area contributed by atoms with Crippen LogP contribution in [0.3, 0.4) is 0 Å². The molecule has 2 heterocycles. The first-order valence-corrected chi connectivity index (χ1v) is 9.10. The number of carbonyl (C=O) groups excluding carboxylic acids is 1. The Bertz CT molecular complexity index is 1150. The highest BCUT2D eigenvalue weighted by atomic mass is 32.1. The topological polar surface area (TPSA) is 90.9 Å². The van der Waals surface area contributed by atoms with Gasteiger partial charge >= 0.3 is 0 Å². The van der Waals surface area contributed by atoms with Gasteiger partial charge in [0.2, 0.25) is 0 Å². The number of aromatic nitrogens is 3. The lowest BCUT2D eigenvalue weighted by atomic mass is 10.1. The third-order valence-corrected chi connectivity index (χ3v) is 5.07. The first-order valence-electron chi connectivity index (χ1n) is 8.28. The van der Waals surface area contributed by atoms with E-state index in [2.05, 4.69) is 20.5 Å². The molecule has 1 amide bonds. The van der Waals surface area contributed by atoms with Gasteiger partial charge in [0.25, 0.3) is 5.91 Å². The Labute approximate surface area is 157 Å². The molecule has 4 aromatic rings. The van der Waals surface area contributed by atoms with Gasteiger partial charge in [0.15, 0.2) is 5.13 Å². The number of carbonyl (C=O) groups is 1. The van der Waals surface area contributed by atoms with Crippen LogP contribution < -0.4 is 5.32 Å². The van der Waals surface area contributed by atoms with Crippen molar-refractivity contribution in [1.82, 2.24) is 15.2 Å². The molecule has 3 N–H and O–H groups in total. The van der Waals surface area contributed by atoms with Crippen molar-refractivity contribution in [2.45, 2.75) is 13.3 Å². The van der Waals surface area contributed by atoms with Crippen LogP contribution in [0.2, 0.25) is 0 Å². The summed E-state index contributed by atoms with van der Waals surface area (Å²) >= 11 is 1.19. The van der Waals surface area contributed by atoms with Crippen molar-refractivity contribution in [3.8, 4) is 17.0 Å². The smallest absolute Gasteiger partial charge is 0.275 e. The summed E-state index contributed by atoms with van der Waals surface area (Å²) in [5.41, 5.74) is 2.93. The van der Waals surface area contributed by atoms with Crippen molar-refractivity contribution >= 4 is 32.6 Å². The Morgan fingerprint density at radius 2 is 2.11 bits per heavy atom. The maximum absolute atomic E-state index is 13.3. The summed E-state index contributed by atoms with van der Waals surface area (Å²) in [6.07, 6.45) is 0.823. The third kappa shape index (κ3) is 3.39. The van der Waals surface area contributed by atoms with Gasteiger partial charge in [-0.15, -0.1) is 0 Å². The summed E-state index contributed by atoms with van der Waals surface area (Å²) in [5.74, 6) is -0.672. The van der Waals surface area contributed by atoms with E-state index in [0.29, 0.717) is 26.6 Å². The summed E-state index contributed by atoms with van der Waals surface area (Å²) in [7, 11) is 0. The van der Waals surface area contributed by atoms with Crippen molar-refractivity contribution in [2.75, 3.05) is 5.32 Å². The largest absolute Gasteiger partial charge is 0.507 e. The second-order valence-electron chi connectivity index (χ2n) is 5.96. The summed E-state index contributed by atoms with van der Waals surface area (Å²) in [6, 6.07) is 11.1. The lowest BCUT2D eigenvalue weighted by Crippen LogP contribution is -2.11. The molecule has 8 heteroatoms. The SMILES string of the molecule is CCc1ccc(O)c(-c2cc(C(=O)Nc3nc4ccc(F)cc4s3)[nH]n2)c1. The van der Waals surface area contributed by atoms with Crippen LogP contribution in [0, 0.1) is 5.82 Å². The zero-order valence-electron chi connectivity index (χ0n) is 14.3. The number of rotatable bonds is 4. The van der Waals surface area contributed by atoms with E-state index in [9.17, 15) is 14.3 Å². The number of hydrogen-bond donors (Lipinski definition) is 3. The molecule has 136 valence electrons. The first kappa shape index (κ1) is 17.2. The average Bonchev–Trinajstić information content (AvgIpc) is 3.28. The highest BCUT2D eigenvalue weighted by molar-refractivity contribution is 7.22. The molecule has 0 aliphatic carbocycles. The van der Waals surface area contributed by atoms with Crippen molar-refractivity contribution in [3.63, 3.8) is 0 Å². The quantitative estimate of drug-likeness (QED) is 0.489. The Kier molecular flexibility index (Phi) is 4.33. The second-order valence-corrected chi connectivity index (χ2v) is 6.99. The van der Waals surface area contributed by atoms with Gasteiger partial charge in [0.05, 0.1) is 15.9 Å². The highest BCUT2D eigenvalue weighted by Crippen LogP contribution is 2.30. The highest BCUT2D eigenvalue weighted by Gasteiger charge is 2.15. The molecule has 0 radical (unpaired) electrons. The van der Waals surface area contributed by atoms with Crippen molar-refractivity contribution < 1.29 is 14.3 Å². The minimum atomic E-state index is -0.417. The second kappa shape index (κ2) is 6.81. The van der Waals surface area contributed by atoms with Gasteiger partial charge < -0.3 is 5.11 Å². The Morgan fingerprint density at radius 3 is 2.93 bits per heavy atom. The van der Waals surface area contributed by atoms with Gasteiger partial charge in [-0.3, -0.25) is 15.2 Å². The van der Waals surface area contributed by atoms with Crippen LogP contribution in [0.25, 0.3) is 21.5 Å². The predicted molar refractivity (Wildman–Crippen MR) is 103 cm³/mol. The summed E-state index contributed by atoms with van der Waals surface area (Å²) in [5, 5.41) is 19.9. The van der Waals surface area contributed by atoms with Crippen LogP contribution in [-0.4, -0.2) is 26.2 Å². The number of phenolic OH excluding ortho intramolecular Hbond substituents is 1. The number of nitrogens with one attached hydrogen (secondary N) is 2. The molecule has 4 rings (SSSR count). The number of aryl methyl sites for hydroxylation is 1. The van der Waals surface area contributed by atoms with Crippen molar-refractivity contribution in [1.29, 1.82) is 0 Å². The van der Waals surface area contributed by atoms with Gasteiger partial charge in [-0.25, -0.2) is 9.37 Å². The van der Waals surface area contributed by atoms with Gasteiger partial charge in [0, 0.05) is 5.56 Å². The van der Waals surface area contributed by atoms with Crippen LogP contribution in [0.15, 0.2) is 42.5 Å². The van der Waals surface area contributed by atoms with E-state index < -0.39 is 5.91 Å². The van der Waals surface area contributed by atoms with Gasteiger partial charge in [-0.2, -0.15) is 5.10 Å². The summed E-state index contributed by atoms with van der Waals surface area (Å²) in [6.45, 7) is 2.02. The van der Waals surface area contributed by atoms with E-state index in [-0.39, 0.29) is 17.3 Å². The molecule has 2 aromatic heterocycles. The fourth-order valence-corrected chi connectivity index (χ4v) is 3.59. The zero-order valence-corrected chi connectivity index (χ0v) is 15.1. The number of halogens is 1. The van der Waals surface area contributed by atoms with Crippen LogP contribution in [0.4, 0.5) is 9.52 Å². The van der Waals surface area contributed by atoms with Crippen LogP contribution >= 0.6 is 11.3 Å². The van der Waals surface area contributed by atoms with E-state index >= 15 is 0 Å². The molecular weight excluding hydrogens is 367 g/mol. The number of phenols is 1. The monoisotopic (exact) mass is 382 g/mol. The molecule has 0 saturated carbocycles. The molecule has 27 heavy (non-hydrogen) atoms. The van der Waals surface area contributed by atoms with E-state index in [0.717, 1.165) is 12.0 Å². The maximum Gasteiger partial charge on any atom is 0.275 e. The molecule has 0 atom stereocenters. The third-order valence-electron chi connectivity index (χ3n) is 4.14. The summed E-state index contributed by atoms with van der Waals surface area (Å²) in [4.78, 5) is 16.7. The maximum atomic E-state index is 13.3. The normalized spacial score (nSPS) is 11.0. The number of fused-ring (bicyclic) bond motifs is 1. The molecule has 0 unspecified atom stereocenters. The first-order chi connectivity index (χ1) is 13.0. The molecule has 6 nitrogen and oxygen atoms in total. The number of H-pyrrole nitrogens is 1. The molecular formula is C19H15FN4O2S. The number of aromatic amines is 1. The van der Waals surface area contributed by atoms with E-state index in [1.165, 1.54) is 23.5 Å². The Hall–Kier alpha value is -3.26. The molecule has 0 fully saturated rings. The number of anilines is 1. The molecule has 0 saturated heterocycles. The van der Waals surface area contributed by atoms with Gasteiger partial charge in [0.1, 0.15) is 17.3 Å². The number of thiazole rings is 1. The lowest BCUT2D eigenvalue weighted by molar-refractivity contribution is 0.102. The van der Waals surface area contributed by atoms with Gasteiger partial charge in [-0.05, 0) is 48.4 Å². The number of aromatic hydroxyl groups is 1.